The highest BCUT2D eigenvalue weighted by molar-refractivity contribution is 7.89. The van der Waals surface area contributed by atoms with E-state index in [1.807, 2.05) is 12.1 Å². The number of rotatable bonds is 20. The summed E-state index contributed by atoms with van der Waals surface area (Å²) in [5.41, 5.74) is 2.94. The number of carbonyl (C=O) groups is 1. The molecule has 1 saturated carbocycles. The van der Waals surface area contributed by atoms with E-state index in [-0.39, 0.29) is 54.8 Å². The summed E-state index contributed by atoms with van der Waals surface area (Å²) in [5, 5.41) is 26.8. The van der Waals surface area contributed by atoms with Gasteiger partial charge in [-0.25, -0.2) is 8.42 Å². The number of hydrogen-bond donors (Lipinski definition) is 3. The number of sulfonamides is 1. The van der Waals surface area contributed by atoms with Gasteiger partial charge in [-0.1, -0.05) is 30.1 Å². The van der Waals surface area contributed by atoms with Crippen LogP contribution in [-0.2, 0) is 24.4 Å². The zero-order valence-corrected chi connectivity index (χ0v) is 33.0. The number of aliphatic hydroxyl groups excluding tert-OH is 2. The van der Waals surface area contributed by atoms with Crippen LogP contribution in [0.4, 0.5) is 5.69 Å². The lowest BCUT2D eigenvalue weighted by Gasteiger charge is -2.59. The maximum Gasteiger partial charge on any atom is 0.243 e. The first-order chi connectivity index (χ1) is 26.6. The lowest BCUT2D eigenvalue weighted by atomic mass is 9.55. The fourth-order valence-corrected chi connectivity index (χ4v) is 10.1. The first kappa shape index (κ1) is 40.9. The molecule has 300 valence electrons. The van der Waals surface area contributed by atoms with Crippen LogP contribution in [-0.4, -0.2) is 112 Å². The third-order valence-electron chi connectivity index (χ3n) is 11.4. The van der Waals surface area contributed by atoms with Crippen LogP contribution in [0.5, 0.6) is 11.5 Å². The van der Waals surface area contributed by atoms with Gasteiger partial charge in [0.2, 0.25) is 21.7 Å². The number of anilines is 1. The molecule has 1 amide bonds. The molecular weight excluding hydrogens is 725 g/mol. The van der Waals surface area contributed by atoms with Gasteiger partial charge in [0.05, 0.1) is 29.2 Å². The second kappa shape index (κ2) is 18.0. The average molecular weight is 781 g/mol. The Hall–Kier alpha value is -3.79. The van der Waals surface area contributed by atoms with E-state index in [0.717, 1.165) is 62.2 Å². The minimum Gasteiger partial charge on any atom is -0.492 e. The van der Waals surface area contributed by atoms with E-state index in [1.54, 1.807) is 25.3 Å². The number of nitrogens with zero attached hydrogens (tertiary/aromatic N) is 3. The van der Waals surface area contributed by atoms with Crippen LogP contribution < -0.4 is 14.8 Å². The van der Waals surface area contributed by atoms with Gasteiger partial charge in [0.15, 0.2) is 0 Å². The molecule has 6 unspecified atom stereocenters. The van der Waals surface area contributed by atoms with E-state index >= 15 is 0 Å². The summed E-state index contributed by atoms with van der Waals surface area (Å²) in [6.45, 7) is 9.17. The fourth-order valence-electron chi connectivity index (χ4n) is 8.74. The molecule has 4 aliphatic rings. The molecule has 2 aliphatic carbocycles. The molecule has 6 rings (SSSR count). The first-order valence-electron chi connectivity index (χ1n) is 19.4. The fraction of sp³-hybridized carbons (Fsp3) is 0.561. The Balaban J connectivity index is 1.52. The van der Waals surface area contributed by atoms with Crippen molar-refractivity contribution >= 4 is 27.3 Å². The molecule has 0 aromatic heterocycles. The highest BCUT2D eigenvalue weighted by atomic mass is 32.2. The molecule has 0 radical (unpaired) electrons. The number of ether oxygens (including phenoxy) is 3. The predicted octanol–water partition coefficient (Wildman–Crippen LogP) is 4.92. The third kappa shape index (κ3) is 8.79. The van der Waals surface area contributed by atoms with Crippen molar-refractivity contribution in [1.29, 1.82) is 0 Å². The lowest BCUT2D eigenvalue weighted by Crippen LogP contribution is -2.69. The summed E-state index contributed by atoms with van der Waals surface area (Å²) in [6, 6.07) is 11.0. The summed E-state index contributed by atoms with van der Waals surface area (Å²) in [4.78, 5) is 19.5. The third-order valence-corrected chi connectivity index (χ3v) is 13.2. The summed E-state index contributed by atoms with van der Waals surface area (Å²) in [6.07, 6.45) is 8.59. The Kier molecular flexibility index (Phi) is 13.4. The van der Waals surface area contributed by atoms with Gasteiger partial charge in [-0.2, -0.15) is 4.31 Å². The van der Waals surface area contributed by atoms with Crippen LogP contribution in [0.1, 0.15) is 63.4 Å². The number of hydrogen-bond acceptors (Lipinski definition) is 11. The van der Waals surface area contributed by atoms with Crippen molar-refractivity contribution in [2.45, 2.75) is 74.5 Å². The average Bonchev–Trinajstić information content (AvgIpc) is 4.00. The Bertz CT molecular complexity index is 1830. The number of likely N-dealkylation sites (N-methyl/N-ethyl adjacent to an activating group) is 1. The topological polar surface area (TPSA) is 159 Å². The summed E-state index contributed by atoms with van der Waals surface area (Å²) in [7, 11) is -1.14. The van der Waals surface area contributed by atoms with Gasteiger partial charge in [0.25, 0.3) is 0 Å². The second-order valence-electron chi connectivity index (χ2n) is 14.9. The highest BCUT2D eigenvalue weighted by Gasteiger charge is 2.65. The van der Waals surface area contributed by atoms with Gasteiger partial charge in [0, 0.05) is 70.4 Å². The molecule has 2 aromatic carbocycles. The molecule has 6 atom stereocenters. The normalized spacial score (nSPS) is 26.4. The number of allylic oxidation sites excluding steroid dienone is 1. The largest absolute Gasteiger partial charge is 0.492 e. The second-order valence-corrected chi connectivity index (χ2v) is 16.9. The number of amides is 1. The Morgan fingerprint density at radius 3 is 2.49 bits per heavy atom. The van der Waals surface area contributed by atoms with Gasteiger partial charge < -0.3 is 34.6 Å². The van der Waals surface area contributed by atoms with Crippen molar-refractivity contribution in [2.75, 3.05) is 65.5 Å². The molecule has 2 fully saturated rings. The van der Waals surface area contributed by atoms with E-state index in [9.17, 15) is 23.4 Å². The van der Waals surface area contributed by atoms with Crippen molar-refractivity contribution in [3.05, 3.63) is 72.3 Å². The molecule has 3 N–H and O–H groups in total. The van der Waals surface area contributed by atoms with Crippen LogP contribution in [0.25, 0.3) is 0 Å². The first-order valence-corrected chi connectivity index (χ1v) is 20.8. The highest BCUT2D eigenvalue weighted by Crippen LogP contribution is 2.62. The van der Waals surface area contributed by atoms with Crippen molar-refractivity contribution < 1.29 is 42.5 Å². The molecule has 14 heteroatoms. The summed E-state index contributed by atoms with van der Waals surface area (Å²) in [5.74, 6) is -1.07. The van der Waals surface area contributed by atoms with Gasteiger partial charge in [-0.3, -0.25) is 9.69 Å². The molecule has 1 saturated heterocycles. The molecular formula is C41H56N4O9S. The molecule has 0 bridgehead atoms. The number of aliphatic hydroxyl groups is 2. The molecule has 0 spiro atoms. The number of oxime groups is 1. The number of unbranched alkanes of at least 4 members (excludes halogenated alkanes) is 2. The molecule has 13 nitrogen and oxygen atoms in total. The minimum atomic E-state index is -4.17. The number of nitrogens with one attached hydrogen (secondary N) is 1. The zero-order chi connectivity index (χ0) is 39.2. The molecule has 2 heterocycles. The van der Waals surface area contributed by atoms with Crippen molar-refractivity contribution in [2.24, 2.45) is 22.9 Å². The monoisotopic (exact) mass is 780 g/mol. The maximum atomic E-state index is 14.6. The lowest BCUT2D eigenvalue weighted by molar-refractivity contribution is -0.250. The van der Waals surface area contributed by atoms with Crippen LogP contribution in [0.15, 0.2) is 76.8 Å². The van der Waals surface area contributed by atoms with Gasteiger partial charge in [0.1, 0.15) is 25.2 Å². The van der Waals surface area contributed by atoms with Crippen molar-refractivity contribution in [3.63, 3.8) is 0 Å². The van der Waals surface area contributed by atoms with Crippen molar-refractivity contribution in [1.82, 2.24) is 9.21 Å². The van der Waals surface area contributed by atoms with E-state index in [4.69, 9.17) is 19.0 Å². The smallest absolute Gasteiger partial charge is 0.243 e. The summed E-state index contributed by atoms with van der Waals surface area (Å²) >= 11 is 0. The minimum absolute atomic E-state index is 0.0427. The van der Waals surface area contributed by atoms with Crippen LogP contribution in [0.2, 0.25) is 0 Å². The quantitative estimate of drug-likeness (QED) is 0.0729. The van der Waals surface area contributed by atoms with E-state index in [0.29, 0.717) is 36.6 Å². The van der Waals surface area contributed by atoms with E-state index < -0.39 is 27.8 Å². The maximum absolute atomic E-state index is 14.6. The van der Waals surface area contributed by atoms with Crippen molar-refractivity contribution in [3.8, 4) is 11.5 Å². The zero-order valence-electron chi connectivity index (χ0n) is 32.2. The van der Waals surface area contributed by atoms with Gasteiger partial charge >= 0.3 is 0 Å². The molecule has 2 aliphatic heterocycles. The number of carbonyl (C=O) groups excluding carboxylic acids is 1. The predicted molar refractivity (Wildman–Crippen MR) is 210 cm³/mol. The van der Waals surface area contributed by atoms with Crippen LogP contribution in [0, 0.1) is 17.8 Å². The number of benzene rings is 2. The van der Waals surface area contributed by atoms with Gasteiger partial charge in [-0.05, 0) is 85.6 Å². The molecule has 55 heavy (non-hydrogen) atoms. The van der Waals surface area contributed by atoms with E-state index in [2.05, 4.69) is 34.1 Å². The van der Waals surface area contributed by atoms with E-state index in [1.165, 1.54) is 30.5 Å². The van der Waals surface area contributed by atoms with Crippen LogP contribution in [0.3, 0.4) is 0 Å². The Labute approximate surface area is 325 Å². The SMILES string of the molecule is C=CCOC12Oc3ccc(OCCN4CC4)cc3C3C(CCCCO)C(CCCCO)C=C(C(=NOC)CC1N(C)S(=O)(=O)c1ccc(NC(C)=O)cc1)C32. The number of fused-ring (bicyclic) bond motifs is 2. The Morgan fingerprint density at radius 1 is 1.11 bits per heavy atom. The molecule has 2 aromatic rings. The Morgan fingerprint density at radius 2 is 1.84 bits per heavy atom. The van der Waals surface area contributed by atoms with Crippen LogP contribution >= 0.6 is 0 Å². The standard InChI is InChI=1S/C41H56N4O9S/c1-5-23-53-41-38(44(3)55(49,50)32-15-12-30(13-16-32)42-28(2)48)27-36(43-51-4)34-25-29(10-6-8-21-46)33(11-7-9-22-47)39(40(34)41)35-26-31(14-17-37(35)54-41)52-24-20-45-18-19-45/h5,12-17,25-26,29,33,38-40,46-47H,1,6-11,18-24,27H2,2-4H3,(H,42,48). The van der Waals surface area contributed by atoms with Gasteiger partial charge in [-0.15, -0.1) is 6.58 Å². The summed E-state index contributed by atoms with van der Waals surface area (Å²) < 4.78 is 50.8.